The van der Waals surface area contributed by atoms with Crippen LogP contribution in [0.5, 0.6) is 0 Å². The first-order valence-electron chi connectivity index (χ1n) is 10.9. The largest absolute Gasteiger partial charge is 0.253 e. The van der Waals surface area contributed by atoms with Crippen molar-refractivity contribution in [3.63, 3.8) is 0 Å². The molecule has 0 amide bonds. The smallest absolute Gasteiger partial charge is 0.0630 e. The Bertz CT molecular complexity index is 1210. The van der Waals surface area contributed by atoms with Gasteiger partial charge in [-0.05, 0) is 84.2 Å². The number of allylic oxidation sites excluding steroid dienone is 3. The van der Waals surface area contributed by atoms with Gasteiger partial charge in [0.2, 0.25) is 0 Å². The number of nitrogens with zero attached hydrogens (tertiary/aromatic N) is 1. The van der Waals surface area contributed by atoms with E-state index in [4.69, 9.17) is 4.99 Å². The molecule has 0 N–H and O–H groups in total. The normalized spacial score (nSPS) is 13.8. The van der Waals surface area contributed by atoms with E-state index in [1.807, 2.05) is 0 Å². The van der Waals surface area contributed by atoms with Crippen molar-refractivity contribution in [3.05, 3.63) is 119 Å². The summed E-state index contributed by atoms with van der Waals surface area (Å²) >= 11 is 0. The minimum Gasteiger partial charge on any atom is -0.253 e. The summed E-state index contributed by atoms with van der Waals surface area (Å²) in [5.41, 5.74) is 11.7. The monoisotopic (exact) mass is 403 g/mol. The molecule has 31 heavy (non-hydrogen) atoms. The predicted molar refractivity (Wildman–Crippen MR) is 135 cm³/mol. The van der Waals surface area contributed by atoms with Crippen LogP contribution >= 0.6 is 0 Å². The summed E-state index contributed by atoms with van der Waals surface area (Å²) < 4.78 is 0. The van der Waals surface area contributed by atoms with E-state index in [1.165, 1.54) is 33.4 Å². The molecule has 0 aromatic heterocycles. The number of rotatable bonds is 5. The predicted octanol–water partition coefficient (Wildman–Crippen LogP) is 8.24. The Hall–Kier alpha value is -3.45. The molecule has 0 spiro atoms. The number of hydrogen-bond donors (Lipinski definition) is 0. The Morgan fingerprint density at radius 2 is 1.61 bits per heavy atom. The molecule has 3 aromatic rings. The van der Waals surface area contributed by atoms with Crippen LogP contribution < -0.4 is 0 Å². The van der Waals surface area contributed by atoms with Crippen LogP contribution in [0.2, 0.25) is 0 Å². The van der Waals surface area contributed by atoms with Gasteiger partial charge in [-0.1, -0.05) is 85.5 Å². The maximum atomic E-state index is 4.83. The molecular weight excluding hydrogens is 374 g/mol. The van der Waals surface area contributed by atoms with Crippen molar-refractivity contribution >= 4 is 5.71 Å². The quantitative estimate of drug-likeness (QED) is 0.380. The third kappa shape index (κ3) is 4.51. The zero-order valence-corrected chi connectivity index (χ0v) is 18.7. The fraction of sp³-hybridized carbons (Fsp3) is 0.167. The number of aliphatic imine (C=N–C) groups is 1. The van der Waals surface area contributed by atoms with Gasteiger partial charge in [0.15, 0.2) is 0 Å². The van der Waals surface area contributed by atoms with Gasteiger partial charge in [0.1, 0.15) is 0 Å². The minimum absolute atomic E-state index is 0.831. The van der Waals surface area contributed by atoms with E-state index >= 15 is 0 Å². The van der Waals surface area contributed by atoms with Crippen molar-refractivity contribution < 1.29 is 0 Å². The average molecular weight is 404 g/mol. The summed E-state index contributed by atoms with van der Waals surface area (Å²) in [5, 5.41) is 0. The Morgan fingerprint density at radius 3 is 2.35 bits per heavy atom. The van der Waals surface area contributed by atoms with Crippen LogP contribution in [0.15, 0.2) is 108 Å². The van der Waals surface area contributed by atoms with Gasteiger partial charge >= 0.3 is 0 Å². The molecule has 1 aliphatic rings. The molecule has 0 unspecified atom stereocenters. The van der Waals surface area contributed by atoms with Gasteiger partial charge in [-0.15, -0.1) is 0 Å². The van der Waals surface area contributed by atoms with Crippen LogP contribution in [0, 0.1) is 13.8 Å². The summed E-state index contributed by atoms with van der Waals surface area (Å²) in [7, 11) is 0. The molecule has 1 aliphatic carbocycles. The Morgan fingerprint density at radius 1 is 0.839 bits per heavy atom. The standard InChI is InChI=1S/C30H29N/c1-21-18-19-27(24(4)31-23(3)25-12-7-5-8-13-25)20-30(21)29-17-11-16-28(22(29)2)26-14-9-6-10-15-26/h6-7,9-20H,3,5,8H2,1-2,4H3/b31-24+. The van der Waals surface area contributed by atoms with Crippen molar-refractivity contribution in [1.82, 2.24) is 0 Å². The molecule has 0 atom stereocenters. The van der Waals surface area contributed by atoms with E-state index in [-0.39, 0.29) is 0 Å². The highest BCUT2D eigenvalue weighted by atomic mass is 14.8. The van der Waals surface area contributed by atoms with Crippen LogP contribution in [0.1, 0.15) is 36.5 Å². The Kier molecular flexibility index (Phi) is 6.13. The fourth-order valence-corrected chi connectivity index (χ4v) is 4.15. The molecule has 0 saturated carbocycles. The van der Waals surface area contributed by atoms with Gasteiger partial charge in [-0.2, -0.15) is 0 Å². The van der Waals surface area contributed by atoms with Gasteiger partial charge in [0, 0.05) is 5.71 Å². The summed E-state index contributed by atoms with van der Waals surface area (Å²) in [6.07, 6.45) is 8.70. The van der Waals surface area contributed by atoms with Gasteiger partial charge < -0.3 is 0 Å². The van der Waals surface area contributed by atoms with Crippen LogP contribution in [-0.2, 0) is 0 Å². The lowest BCUT2D eigenvalue weighted by molar-refractivity contribution is 1.02. The first-order chi connectivity index (χ1) is 15.0. The lowest BCUT2D eigenvalue weighted by atomic mass is 9.89. The van der Waals surface area contributed by atoms with E-state index in [9.17, 15) is 0 Å². The van der Waals surface area contributed by atoms with Crippen molar-refractivity contribution in [2.24, 2.45) is 4.99 Å². The number of hydrogen-bond acceptors (Lipinski definition) is 1. The first kappa shape index (κ1) is 20.8. The molecule has 0 radical (unpaired) electrons. The minimum atomic E-state index is 0.831. The number of benzene rings is 3. The van der Waals surface area contributed by atoms with Gasteiger partial charge in [-0.25, -0.2) is 0 Å². The summed E-state index contributed by atoms with van der Waals surface area (Å²) in [6, 6.07) is 23.8. The topological polar surface area (TPSA) is 12.4 Å². The Balaban J connectivity index is 1.72. The average Bonchev–Trinajstić information content (AvgIpc) is 2.81. The molecule has 4 rings (SSSR count). The van der Waals surface area contributed by atoms with Crippen molar-refractivity contribution in [1.29, 1.82) is 0 Å². The summed E-state index contributed by atoms with van der Waals surface area (Å²) in [4.78, 5) is 4.83. The molecule has 0 aliphatic heterocycles. The maximum Gasteiger partial charge on any atom is 0.0630 e. The fourth-order valence-electron chi connectivity index (χ4n) is 4.15. The van der Waals surface area contributed by atoms with Crippen LogP contribution in [0.4, 0.5) is 0 Å². The van der Waals surface area contributed by atoms with Gasteiger partial charge in [0.05, 0.1) is 5.70 Å². The van der Waals surface area contributed by atoms with E-state index in [0.717, 1.165) is 35.4 Å². The van der Waals surface area contributed by atoms with Crippen LogP contribution in [-0.4, -0.2) is 5.71 Å². The molecule has 0 heterocycles. The second-order valence-corrected chi connectivity index (χ2v) is 8.16. The first-order valence-corrected chi connectivity index (χ1v) is 10.9. The Labute approximate surface area is 186 Å². The van der Waals surface area contributed by atoms with E-state index in [2.05, 4.69) is 112 Å². The molecule has 0 fully saturated rings. The lowest BCUT2D eigenvalue weighted by Gasteiger charge is -2.15. The third-order valence-corrected chi connectivity index (χ3v) is 5.99. The van der Waals surface area contributed by atoms with Gasteiger partial charge in [0.25, 0.3) is 0 Å². The van der Waals surface area contributed by atoms with Crippen LogP contribution in [0.3, 0.4) is 0 Å². The van der Waals surface area contributed by atoms with E-state index in [0.29, 0.717) is 0 Å². The molecule has 3 aromatic carbocycles. The zero-order chi connectivity index (χ0) is 21.8. The number of aryl methyl sites for hydroxylation is 1. The van der Waals surface area contributed by atoms with Crippen molar-refractivity contribution in [2.45, 2.75) is 33.6 Å². The molecule has 0 saturated heterocycles. The van der Waals surface area contributed by atoms with Crippen molar-refractivity contribution in [3.8, 4) is 22.3 Å². The third-order valence-electron chi connectivity index (χ3n) is 5.99. The maximum absolute atomic E-state index is 4.83. The van der Waals surface area contributed by atoms with Gasteiger partial charge in [-0.3, -0.25) is 4.99 Å². The van der Waals surface area contributed by atoms with E-state index < -0.39 is 0 Å². The molecule has 0 bridgehead atoms. The zero-order valence-electron chi connectivity index (χ0n) is 18.7. The molecular formula is C30H29N. The molecule has 1 heteroatoms. The molecule has 1 nitrogen and oxygen atoms in total. The highest BCUT2D eigenvalue weighted by Crippen LogP contribution is 2.34. The summed E-state index contributed by atoms with van der Waals surface area (Å²) in [6.45, 7) is 10.7. The highest BCUT2D eigenvalue weighted by Gasteiger charge is 2.12. The highest BCUT2D eigenvalue weighted by molar-refractivity contribution is 6.01. The van der Waals surface area contributed by atoms with Crippen LogP contribution in [0.25, 0.3) is 22.3 Å². The second kappa shape index (κ2) is 9.14. The lowest BCUT2D eigenvalue weighted by Crippen LogP contribution is -1.99. The molecule has 154 valence electrons. The second-order valence-electron chi connectivity index (χ2n) is 8.16. The SMILES string of the molecule is C=C(/N=C(\C)c1ccc(C)c(-c2cccc(-c3ccccc3)c2C)c1)C1=CCCC=C1. The summed E-state index contributed by atoms with van der Waals surface area (Å²) in [5.74, 6) is 0. The van der Waals surface area contributed by atoms with Crippen molar-refractivity contribution in [2.75, 3.05) is 0 Å². The van der Waals surface area contributed by atoms with E-state index in [1.54, 1.807) is 0 Å².